The Morgan fingerprint density at radius 1 is 1.07 bits per heavy atom. The molecule has 1 N–H and O–H groups in total. The topological polar surface area (TPSA) is 85.1 Å². The third-order valence-electron chi connectivity index (χ3n) is 4.09. The molecule has 3 aromatic carbocycles. The van der Waals surface area contributed by atoms with Gasteiger partial charge in [-0.25, -0.2) is 4.98 Å². The summed E-state index contributed by atoms with van der Waals surface area (Å²) in [6.07, 6.45) is 0. The minimum Gasteiger partial charge on any atom is -0.321 e. The Bertz CT molecular complexity index is 1170. The Kier molecular flexibility index (Phi) is 4.77. The van der Waals surface area contributed by atoms with E-state index in [0.717, 1.165) is 15.2 Å². The number of carbonyl (C=O) groups excluding carboxylic acids is 1. The van der Waals surface area contributed by atoms with Crippen LogP contribution in [-0.2, 0) is 0 Å². The predicted octanol–water partition coefficient (Wildman–Crippen LogP) is 5.78. The summed E-state index contributed by atoms with van der Waals surface area (Å²) in [6.45, 7) is 0. The Morgan fingerprint density at radius 3 is 2.54 bits per heavy atom. The second-order valence-electron chi connectivity index (χ2n) is 5.93. The van der Waals surface area contributed by atoms with Gasteiger partial charge in [0.1, 0.15) is 5.01 Å². The Hall–Kier alpha value is -3.29. The highest BCUT2D eigenvalue weighted by Crippen LogP contribution is 2.36. The minimum atomic E-state index is -0.508. The maximum Gasteiger partial charge on any atom is 0.269 e. The second kappa shape index (κ2) is 7.38. The van der Waals surface area contributed by atoms with Crippen molar-refractivity contribution in [3.05, 3.63) is 87.4 Å². The molecule has 0 radical (unpaired) electrons. The minimum absolute atomic E-state index is 0.0711. The number of thiazole rings is 1. The largest absolute Gasteiger partial charge is 0.321 e. The maximum atomic E-state index is 12.6. The first-order valence-corrected chi connectivity index (χ1v) is 9.42. The fraction of sp³-hybridized carbons (Fsp3) is 0. The van der Waals surface area contributed by atoms with E-state index in [9.17, 15) is 14.9 Å². The molecule has 0 atom stereocenters. The quantitative estimate of drug-likeness (QED) is 0.342. The van der Waals surface area contributed by atoms with Gasteiger partial charge in [-0.05, 0) is 42.5 Å². The number of benzene rings is 3. The van der Waals surface area contributed by atoms with E-state index < -0.39 is 4.92 Å². The number of hydrogen-bond acceptors (Lipinski definition) is 5. The standard InChI is InChI=1S/C20H12ClN3O3S/c21-13-7-10-16(22-19(25)12-5-8-14(9-6-12)24(26)27)15(11-13)20-23-17-3-1-2-4-18(17)28-20/h1-11H,(H,22,25). The molecule has 138 valence electrons. The number of nitro groups is 1. The van der Waals surface area contributed by atoms with Crippen molar-refractivity contribution in [1.29, 1.82) is 0 Å². The summed E-state index contributed by atoms with van der Waals surface area (Å²) in [5, 5.41) is 14.9. The van der Waals surface area contributed by atoms with Gasteiger partial charge in [0, 0.05) is 28.3 Å². The Labute approximate surface area is 168 Å². The molecule has 0 fully saturated rings. The van der Waals surface area contributed by atoms with Crippen LogP contribution >= 0.6 is 22.9 Å². The van der Waals surface area contributed by atoms with Gasteiger partial charge in [-0.3, -0.25) is 14.9 Å². The van der Waals surface area contributed by atoms with E-state index in [-0.39, 0.29) is 11.6 Å². The van der Waals surface area contributed by atoms with E-state index in [2.05, 4.69) is 10.3 Å². The van der Waals surface area contributed by atoms with Crippen LogP contribution in [0.25, 0.3) is 20.8 Å². The third kappa shape index (κ3) is 3.58. The van der Waals surface area contributed by atoms with Crippen molar-refractivity contribution >= 4 is 50.4 Å². The molecule has 0 aliphatic carbocycles. The summed E-state index contributed by atoms with van der Waals surface area (Å²) in [6, 6.07) is 18.4. The second-order valence-corrected chi connectivity index (χ2v) is 7.40. The number of hydrogen-bond donors (Lipinski definition) is 1. The van der Waals surface area contributed by atoms with Crippen molar-refractivity contribution in [2.75, 3.05) is 5.32 Å². The smallest absolute Gasteiger partial charge is 0.269 e. The van der Waals surface area contributed by atoms with Crippen molar-refractivity contribution in [3.63, 3.8) is 0 Å². The summed E-state index contributed by atoms with van der Waals surface area (Å²) in [5.74, 6) is -0.375. The highest BCUT2D eigenvalue weighted by Gasteiger charge is 2.15. The number of nitrogens with one attached hydrogen (secondary N) is 1. The van der Waals surface area contributed by atoms with Gasteiger partial charge < -0.3 is 5.32 Å². The zero-order valence-corrected chi connectivity index (χ0v) is 15.8. The molecule has 4 aromatic rings. The molecule has 0 saturated heterocycles. The number of halogens is 1. The average molecular weight is 410 g/mol. The molecule has 0 aliphatic rings. The molecule has 0 unspecified atom stereocenters. The summed E-state index contributed by atoms with van der Waals surface area (Å²) in [7, 11) is 0. The van der Waals surface area contributed by atoms with E-state index in [1.165, 1.54) is 35.6 Å². The van der Waals surface area contributed by atoms with Crippen LogP contribution in [0, 0.1) is 10.1 Å². The van der Waals surface area contributed by atoms with Crippen molar-refractivity contribution < 1.29 is 9.72 Å². The van der Waals surface area contributed by atoms with E-state index in [1.807, 2.05) is 24.3 Å². The van der Waals surface area contributed by atoms with Gasteiger partial charge in [0.25, 0.3) is 11.6 Å². The monoisotopic (exact) mass is 409 g/mol. The van der Waals surface area contributed by atoms with Crippen LogP contribution in [-0.4, -0.2) is 15.8 Å². The summed E-state index contributed by atoms with van der Waals surface area (Å²) >= 11 is 7.67. The molecule has 0 saturated carbocycles. The molecule has 8 heteroatoms. The van der Waals surface area contributed by atoms with Crippen LogP contribution in [0.1, 0.15) is 10.4 Å². The number of rotatable bonds is 4. The van der Waals surface area contributed by atoms with Crippen LogP contribution in [0.5, 0.6) is 0 Å². The van der Waals surface area contributed by atoms with E-state index in [4.69, 9.17) is 11.6 Å². The van der Waals surface area contributed by atoms with Crippen LogP contribution in [0.2, 0.25) is 5.02 Å². The number of anilines is 1. The van der Waals surface area contributed by atoms with Crippen molar-refractivity contribution in [1.82, 2.24) is 4.98 Å². The maximum absolute atomic E-state index is 12.6. The lowest BCUT2D eigenvalue weighted by Gasteiger charge is -2.10. The van der Waals surface area contributed by atoms with Crippen LogP contribution in [0.15, 0.2) is 66.7 Å². The third-order valence-corrected chi connectivity index (χ3v) is 5.40. The molecular formula is C20H12ClN3O3S. The molecule has 1 aromatic heterocycles. The number of amides is 1. The number of non-ortho nitro benzene ring substituents is 1. The van der Waals surface area contributed by atoms with Crippen LogP contribution < -0.4 is 5.32 Å². The molecule has 1 heterocycles. The molecule has 0 bridgehead atoms. The lowest BCUT2D eigenvalue weighted by atomic mass is 10.1. The summed E-state index contributed by atoms with van der Waals surface area (Å²) < 4.78 is 1.03. The van der Waals surface area contributed by atoms with Gasteiger partial charge in [0.05, 0.1) is 20.8 Å². The Morgan fingerprint density at radius 2 is 1.82 bits per heavy atom. The number of para-hydroxylation sites is 1. The SMILES string of the molecule is O=C(Nc1ccc(Cl)cc1-c1nc2ccccc2s1)c1ccc([N+](=O)[O-])cc1. The summed E-state index contributed by atoms with van der Waals surface area (Å²) in [5.41, 5.74) is 2.39. The number of carbonyl (C=O) groups is 1. The highest BCUT2D eigenvalue weighted by molar-refractivity contribution is 7.21. The molecule has 28 heavy (non-hydrogen) atoms. The molecular weight excluding hydrogens is 398 g/mol. The first kappa shape index (κ1) is 18.1. The highest BCUT2D eigenvalue weighted by atomic mass is 35.5. The zero-order valence-electron chi connectivity index (χ0n) is 14.3. The summed E-state index contributed by atoms with van der Waals surface area (Å²) in [4.78, 5) is 27.5. The van der Waals surface area contributed by atoms with Gasteiger partial charge in [0.15, 0.2) is 0 Å². The number of nitrogens with zero attached hydrogens (tertiary/aromatic N) is 2. The lowest BCUT2D eigenvalue weighted by molar-refractivity contribution is -0.384. The van der Waals surface area contributed by atoms with Gasteiger partial charge in [-0.1, -0.05) is 23.7 Å². The Balaban J connectivity index is 1.68. The van der Waals surface area contributed by atoms with Gasteiger partial charge in [-0.15, -0.1) is 11.3 Å². The first-order valence-electron chi connectivity index (χ1n) is 8.22. The number of fused-ring (bicyclic) bond motifs is 1. The van der Waals surface area contributed by atoms with Crippen LogP contribution in [0.3, 0.4) is 0 Å². The van der Waals surface area contributed by atoms with Gasteiger partial charge in [0.2, 0.25) is 0 Å². The van der Waals surface area contributed by atoms with Gasteiger partial charge >= 0.3 is 0 Å². The van der Waals surface area contributed by atoms with Crippen molar-refractivity contribution in [3.8, 4) is 10.6 Å². The average Bonchev–Trinajstić information content (AvgIpc) is 3.13. The van der Waals surface area contributed by atoms with E-state index in [1.54, 1.807) is 18.2 Å². The zero-order chi connectivity index (χ0) is 19.7. The van der Waals surface area contributed by atoms with Crippen molar-refractivity contribution in [2.45, 2.75) is 0 Å². The molecule has 6 nitrogen and oxygen atoms in total. The molecule has 1 amide bonds. The predicted molar refractivity (Wildman–Crippen MR) is 111 cm³/mol. The normalized spacial score (nSPS) is 10.8. The molecule has 0 spiro atoms. The number of nitro benzene ring substituents is 1. The lowest BCUT2D eigenvalue weighted by Crippen LogP contribution is -2.12. The van der Waals surface area contributed by atoms with Gasteiger partial charge in [-0.2, -0.15) is 0 Å². The molecule has 4 rings (SSSR count). The fourth-order valence-corrected chi connectivity index (χ4v) is 3.89. The number of aromatic nitrogens is 1. The van der Waals surface area contributed by atoms with E-state index in [0.29, 0.717) is 21.8 Å². The van der Waals surface area contributed by atoms with E-state index >= 15 is 0 Å². The first-order chi connectivity index (χ1) is 13.5. The fourth-order valence-electron chi connectivity index (χ4n) is 2.72. The molecule has 0 aliphatic heterocycles. The van der Waals surface area contributed by atoms with Crippen LogP contribution in [0.4, 0.5) is 11.4 Å². The van der Waals surface area contributed by atoms with Crippen molar-refractivity contribution in [2.24, 2.45) is 0 Å².